The third-order valence-electron chi connectivity index (χ3n) is 1.76. The quantitative estimate of drug-likeness (QED) is 0.309. The molecule has 0 atom stereocenters. The number of rotatable bonds is 2. The van der Waals surface area contributed by atoms with E-state index >= 15 is 0 Å². The summed E-state index contributed by atoms with van der Waals surface area (Å²) < 4.78 is 0.516. The van der Waals surface area contributed by atoms with Gasteiger partial charge in [-0.1, -0.05) is 10.7 Å². The van der Waals surface area contributed by atoms with E-state index in [-0.39, 0.29) is 29.6 Å². The monoisotopic (exact) mass is 183 g/mol. The predicted molar refractivity (Wildman–Crippen MR) is 45.3 cm³/mol. The molecule has 0 saturated heterocycles. The van der Waals surface area contributed by atoms with Gasteiger partial charge in [-0.25, -0.2) is 0 Å². The van der Waals surface area contributed by atoms with Crippen LogP contribution in [0, 0.1) is 5.92 Å². The molecular formula is C6H10NNaS2. The van der Waals surface area contributed by atoms with Crippen LogP contribution in [0.2, 0.25) is 0 Å². The molecule has 0 aliphatic heterocycles. The molecule has 0 unspecified atom stereocenters. The first-order chi connectivity index (χ1) is 4.29. The molecule has 10 heavy (non-hydrogen) atoms. The minimum Gasteiger partial charge on any atom is -0.412 e. The van der Waals surface area contributed by atoms with Crippen molar-refractivity contribution >= 4 is 29.2 Å². The third-order valence-corrected chi connectivity index (χ3v) is 2.05. The fraction of sp³-hybridized carbons (Fsp3) is 0.833. The Labute approximate surface area is 95.0 Å². The van der Waals surface area contributed by atoms with Crippen molar-refractivity contribution in [3.63, 3.8) is 0 Å². The van der Waals surface area contributed by atoms with Gasteiger partial charge < -0.3 is 30.2 Å². The summed E-state index contributed by atoms with van der Waals surface area (Å²) in [5.41, 5.74) is 0. The van der Waals surface area contributed by atoms with Gasteiger partial charge in [0.1, 0.15) is 0 Å². The molecule has 0 heterocycles. The van der Waals surface area contributed by atoms with E-state index in [1.807, 2.05) is 0 Å². The van der Waals surface area contributed by atoms with Crippen LogP contribution >= 0.6 is 12.2 Å². The zero-order valence-electron chi connectivity index (χ0n) is 6.22. The Hall–Kier alpha value is 1.11. The number of hydrogen-bond donors (Lipinski definition) is 1. The van der Waals surface area contributed by atoms with Crippen molar-refractivity contribution in [3.05, 3.63) is 0 Å². The maximum atomic E-state index is 4.69. The van der Waals surface area contributed by atoms with Crippen molar-refractivity contribution in [3.8, 4) is 0 Å². The van der Waals surface area contributed by atoms with Crippen LogP contribution in [0.1, 0.15) is 19.3 Å². The van der Waals surface area contributed by atoms with Gasteiger partial charge in [0.2, 0.25) is 0 Å². The molecular weight excluding hydrogens is 173 g/mol. The van der Waals surface area contributed by atoms with E-state index in [0.717, 1.165) is 12.5 Å². The van der Waals surface area contributed by atoms with Crippen molar-refractivity contribution in [2.45, 2.75) is 19.3 Å². The third kappa shape index (κ3) is 4.09. The number of thiocarbonyl (C=S) groups is 1. The van der Waals surface area contributed by atoms with E-state index in [4.69, 9.17) is 0 Å². The van der Waals surface area contributed by atoms with Crippen LogP contribution in [0.4, 0.5) is 0 Å². The Morgan fingerprint density at radius 1 is 1.60 bits per heavy atom. The minimum atomic E-state index is 0. The fourth-order valence-corrected chi connectivity index (χ4v) is 1.09. The Morgan fingerprint density at radius 3 is 2.50 bits per heavy atom. The molecule has 1 N–H and O–H groups in total. The molecule has 1 fully saturated rings. The van der Waals surface area contributed by atoms with Gasteiger partial charge in [-0.05, 0) is 18.8 Å². The Balaban J connectivity index is 0.000000810. The topological polar surface area (TPSA) is 12.0 Å². The summed E-state index contributed by atoms with van der Waals surface area (Å²) in [6, 6.07) is 0. The van der Waals surface area contributed by atoms with E-state index < -0.39 is 0 Å². The smallest absolute Gasteiger partial charge is 0.412 e. The Kier molecular flexibility index (Phi) is 6.36. The second kappa shape index (κ2) is 5.72. The minimum absolute atomic E-state index is 0. The van der Waals surface area contributed by atoms with Gasteiger partial charge in [0.25, 0.3) is 0 Å². The van der Waals surface area contributed by atoms with Crippen molar-refractivity contribution in [2.24, 2.45) is 5.92 Å². The molecule has 4 heteroatoms. The summed E-state index contributed by atoms with van der Waals surface area (Å²) in [5, 5.41) is 2.99. The van der Waals surface area contributed by atoms with Gasteiger partial charge in [0, 0.05) is 6.54 Å². The van der Waals surface area contributed by atoms with E-state index in [2.05, 4.69) is 30.2 Å². The van der Waals surface area contributed by atoms with Gasteiger partial charge in [0.05, 0.1) is 0 Å². The van der Waals surface area contributed by atoms with E-state index in [1.165, 1.54) is 19.3 Å². The molecule has 0 radical (unpaired) electrons. The summed E-state index contributed by atoms with van der Waals surface area (Å²) in [5.74, 6) is 0.853. The zero-order chi connectivity index (χ0) is 6.69. The molecule has 52 valence electrons. The average Bonchev–Trinajstić information content (AvgIpc) is 1.60. The van der Waals surface area contributed by atoms with Crippen LogP contribution in [0.25, 0.3) is 0 Å². The van der Waals surface area contributed by atoms with Crippen LogP contribution in [0.15, 0.2) is 0 Å². The second-order valence-electron chi connectivity index (χ2n) is 2.47. The van der Waals surface area contributed by atoms with Crippen LogP contribution < -0.4 is 34.9 Å². The maximum absolute atomic E-state index is 4.69. The molecule has 1 aliphatic carbocycles. The first-order valence-corrected chi connectivity index (χ1v) is 4.05. The van der Waals surface area contributed by atoms with Gasteiger partial charge >= 0.3 is 29.6 Å². The second-order valence-corrected chi connectivity index (χ2v) is 3.54. The van der Waals surface area contributed by atoms with E-state index in [0.29, 0.717) is 4.32 Å². The summed E-state index contributed by atoms with van der Waals surface area (Å²) >= 11 is 9.38. The van der Waals surface area contributed by atoms with Gasteiger partial charge in [-0.2, -0.15) is 0 Å². The Morgan fingerprint density at radius 2 is 2.20 bits per heavy atom. The predicted octanol–water partition coefficient (Wildman–Crippen LogP) is -1.79. The zero-order valence-corrected chi connectivity index (χ0v) is 9.86. The van der Waals surface area contributed by atoms with Gasteiger partial charge in [-0.3, -0.25) is 0 Å². The van der Waals surface area contributed by atoms with Gasteiger partial charge in [0.15, 0.2) is 0 Å². The largest absolute Gasteiger partial charge is 1.00 e. The van der Waals surface area contributed by atoms with Crippen molar-refractivity contribution < 1.29 is 29.6 Å². The molecule has 0 aromatic carbocycles. The number of nitrogens with one attached hydrogen (secondary N) is 1. The molecule has 0 aromatic heterocycles. The van der Waals surface area contributed by atoms with Crippen molar-refractivity contribution in [1.29, 1.82) is 0 Å². The summed E-state index contributed by atoms with van der Waals surface area (Å²) in [6.45, 7) is 1.00. The Bertz CT molecular complexity index is 114. The first-order valence-electron chi connectivity index (χ1n) is 3.24. The first kappa shape index (κ1) is 11.1. The van der Waals surface area contributed by atoms with Crippen LogP contribution in [0.3, 0.4) is 0 Å². The molecule has 1 nitrogen and oxygen atoms in total. The van der Waals surface area contributed by atoms with Crippen molar-refractivity contribution in [1.82, 2.24) is 5.32 Å². The molecule has 0 aromatic rings. The van der Waals surface area contributed by atoms with Crippen LogP contribution in [-0.2, 0) is 12.6 Å². The molecule has 0 bridgehead atoms. The molecule has 1 aliphatic rings. The molecule has 1 rings (SSSR count). The van der Waals surface area contributed by atoms with E-state index in [1.54, 1.807) is 0 Å². The van der Waals surface area contributed by atoms with Crippen molar-refractivity contribution in [2.75, 3.05) is 6.54 Å². The molecule has 1 saturated carbocycles. The molecule has 0 amide bonds. The van der Waals surface area contributed by atoms with E-state index in [9.17, 15) is 0 Å². The average molecular weight is 183 g/mol. The maximum Gasteiger partial charge on any atom is 1.00 e. The SMILES string of the molecule is S=C([S-])NCC1CCC1.[Na+]. The number of hydrogen-bond acceptors (Lipinski definition) is 2. The summed E-state index contributed by atoms with van der Waals surface area (Å²) in [6.07, 6.45) is 4.09. The van der Waals surface area contributed by atoms with Crippen LogP contribution in [-0.4, -0.2) is 10.9 Å². The van der Waals surface area contributed by atoms with Crippen LogP contribution in [0.5, 0.6) is 0 Å². The fourth-order valence-electron chi connectivity index (χ4n) is 0.925. The summed E-state index contributed by atoms with van der Waals surface area (Å²) in [7, 11) is 0. The normalized spacial score (nSPS) is 16.8. The molecule has 0 spiro atoms. The van der Waals surface area contributed by atoms with Gasteiger partial charge in [-0.15, -0.1) is 0 Å². The summed E-state index contributed by atoms with van der Waals surface area (Å²) in [4.78, 5) is 0. The standard InChI is InChI=1S/C6H11NS2.Na/c8-6(9)7-4-5-2-1-3-5;/h5H,1-4H2,(H2,7,8,9);/q;+1/p-1.